The van der Waals surface area contributed by atoms with Crippen LogP contribution in [0.1, 0.15) is 38.5 Å². The fraction of sp³-hybridized carbons (Fsp3) is 1.00. The van der Waals surface area contributed by atoms with E-state index < -0.39 is 12.6 Å². The van der Waals surface area contributed by atoms with E-state index in [0.717, 1.165) is 12.8 Å². The lowest BCUT2D eigenvalue weighted by Crippen LogP contribution is -2.42. The van der Waals surface area contributed by atoms with E-state index in [4.69, 9.17) is 5.73 Å². The summed E-state index contributed by atoms with van der Waals surface area (Å²) >= 11 is 0. The fourth-order valence-corrected chi connectivity index (χ4v) is 2.48. The molecule has 0 heterocycles. The van der Waals surface area contributed by atoms with E-state index in [1.54, 1.807) is 11.9 Å². The molecule has 1 fully saturated rings. The SMILES string of the molecule is CN(CCC(F)(F)F)CC(N)C1CCCCC1. The highest BCUT2D eigenvalue weighted by Gasteiger charge is 2.28. The van der Waals surface area contributed by atoms with Gasteiger partial charge < -0.3 is 10.6 Å². The largest absolute Gasteiger partial charge is 0.390 e. The zero-order valence-corrected chi connectivity index (χ0v) is 10.5. The average Bonchev–Trinajstić information content (AvgIpc) is 2.27. The number of rotatable bonds is 5. The Morgan fingerprint density at radius 1 is 1.24 bits per heavy atom. The van der Waals surface area contributed by atoms with E-state index in [1.807, 2.05) is 0 Å². The molecular formula is C12H23F3N2. The molecule has 0 aromatic rings. The Morgan fingerprint density at radius 2 is 1.82 bits per heavy atom. The maximum Gasteiger partial charge on any atom is 0.390 e. The molecule has 1 atom stereocenters. The van der Waals surface area contributed by atoms with Gasteiger partial charge in [-0.2, -0.15) is 13.2 Å². The predicted molar refractivity (Wildman–Crippen MR) is 62.7 cm³/mol. The Kier molecular flexibility index (Phi) is 5.73. The van der Waals surface area contributed by atoms with E-state index in [9.17, 15) is 13.2 Å². The van der Waals surface area contributed by atoms with Crippen molar-refractivity contribution < 1.29 is 13.2 Å². The molecule has 1 saturated carbocycles. The van der Waals surface area contributed by atoms with Crippen LogP contribution >= 0.6 is 0 Å². The van der Waals surface area contributed by atoms with Crippen LogP contribution in [0, 0.1) is 5.92 Å². The van der Waals surface area contributed by atoms with Gasteiger partial charge in [0.2, 0.25) is 0 Å². The molecule has 17 heavy (non-hydrogen) atoms. The first-order valence-corrected chi connectivity index (χ1v) is 6.39. The van der Waals surface area contributed by atoms with E-state index in [1.165, 1.54) is 19.3 Å². The summed E-state index contributed by atoms with van der Waals surface area (Å²) in [5.74, 6) is 0.497. The zero-order valence-electron chi connectivity index (χ0n) is 10.5. The summed E-state index contributed by atoms with van der Waals surface area (Å²) in [6.45, 7) is 0.616. The second kappa shape index (κ2) is 6.59. The normalized spacial score (nSPS) is 20.8. The molecule has 2 nitrogen and oxygen atoms in total. The van der Waals surface area contributed by atoms with Crippen molar-refractivity contribution in [2.24, 2.45) is 11.7 Å². The van der Waals surface area contributed by atoms with Crippen LogP contribution in [-0.4, -0.2) is 37.3 Å². The third kappa shape index (κ3) is 6.27. The highest BCUT2D eigenvalue weighted by molar-refractivity contribution is 4.78. The minimum Gasteiger partial charge on any atom is -0.326 e. The van der Waals surface area contributed by atoms with Gasteiger partial charge in [-0.1, -0.05) is 19.3 Å². The lowest BCUT2D eigenvalue weighted by Gasteiger charge is -2.30. The van der Waals surface area contributed by atoms with Gasteiger partial charge in [-0.05, 0) is 25.8 Å². The first-order chi connectivity index (χ1) is 7.88. The average molecular weight is 252 g/mol. The van der Waals surface area contributed by atoms with Gasteiger partial charge in [0, 0.05) is 19.1 Å². The summed E-state index contributed by atoms with van der Waals surface area (Å²) in [7, 11) is 1.72. The minimum atomic E-state index is -4.07. The number of likely N-dealkylation sites (N-methyl/N-ethyl adjacent to an activating group) is 1. The second-order valence-electron chi connectivity index (χ2n) is 5.19. The van der Waals surface area contributed by atoms with Crippen LogP contribution in [0.4, 0.5) is 13.2 Å². The quantitative estimate of drug-likeness (QED) is 0.815. The van der Waals surface area contributed by atoms with Gasteiger partial charge >= 0.3 is 6.18 Å². The summed E-state index contributed by atoms with van der Waals surface area (Å²) in [5, 5.41) is 0. The van der Waals surface area contributed by atoms with Crippen molar-refractivity contribution in [2.45, 2.75) is 50.7 Å². The highest BCUT2D eigenvalue weighted by Crippen LogP contribution is 2.26. The van der Waals surface area contributed by atoms with Crippen molar-refractivity contribution in [3.05, 3.63) is 0 Å². The monoisotopic (exact) mass is 252 g/mol. The number of nitrogens with two attached hydrogens (primary N) is 1. The molecule has 1 unspecified atom stereocenters. The topological polar surface area (TPSA) is 29.3 Å². The van der Waals surface area contributed by atoms with Crippen molar-refractivity contribution in [1.82, 2.24) is 4.90 Å². The highest BCUT2D eigenvalue weighted by atomic mass is 19.4. The van der Waals surface area contributed by atoms with Crippen molar-refractivity contribution in [3.8, 4) is 0 Å². The number of hydrogen-bond acceptors (Lipinski definition) is 2. The molecular weight excluding hydrogens is 229 g/mol. The van der Waals surface area contributed by atoms with E-state index >= 15 is 0 Å². The maximum atomic E-state index is 12.1. The Labute approximate surface area is 101 Å². The molecule has 1 rings (SSSR count). The molecule has 0 radical (unpaired) electrons. The van der Waals surface area contributed by atoms with Crippen LogP contribution in [0.2, 0.25) is 0 Å². The molecule has 102 valence electrons. The number of hydrogen-bond donors (Lipinski definition) is 1. The maximum absolute atomic E-state index is 12.1. The van der Waals surface area contributed by atoms with Crippen molar-refractivity contribution in [3.63, 3.8) is 0 Å². The molecule has 0 aromatic heterocycles. The molecule has 0 aliphatic heterocycles. The van der Waals surface area contributed by atoms with E-state index in [-0.39, 0.29) is 12.6 Å². The molecule has 0 amide bonds. The van der Waals surface area contributed by atoms with Gasteiger partial charge in [-0.25, -0.2) is 0 Å². The Bertz CT molecular complexity index is 212. The Balaban J connectivity index is 2.22. The van der Waals surface area contributed by atoms with Crippen LogP contribution in [0.15, 0.2) is 0 Å². The summed E-state index contributed by atoms with van der Waals surface area (Å²) < 4.78 is 36.2. The predicted octanol–water partition coefficient (Wildman–Crippen LogP) is 2.78. The lowest BCUT2D eigenvalue weighted by molar-refractivity contribution is -0.137. The molecule has 0 saturated heterocycles. The first kappa shape index (κ1) is 14.8. The van der Waals surface area contributed by atoms with Crippen LogP contribution in [0.3, 0.4) is 0 Å². The fourth-order valence-electron chi connectivity index (χ4n) is 2.48. The summed E-state index contributed by atoms with van der Waals surface area (Å²) in [5.41, 5.74) is 6.07. The van der Waals surface area contributed by atoms with Gasteiger partial charge in [0.15, 0.2) is 0 Å². The van der Waals surface area contributed by atoms with Crippen molar-refractivity contribution >= 4 is 0 Å². The van der Waals surface area contributed by atoms with Gasteiger partial charge in [-0.15, -0.1) is 0 Å². The van der Waals surface area contributed by atoms with E-state index in [0.29, 0.717) is 12.5 Å². The summed E-state index contributed by atoms with van der Waals surface area (Å²) in [4.78, 5) is 1.70. The molecule has 2 N–H and O–H groups in total. The summed E-state index contributed by atoms with van der Waals surface area (Å²) in [6, 6.07) is 0.0218. The molecule has 1 aliphatic rings. The van der Waals surface area contributed by atoms with Crippen LogP contribution in [0.25, 0.3) is 0 Å². The van der Waals surface area contributed by atoms with Gasteiger partial charge in [-0.3, -0.25) is 0 Å². The summed E-state index contributed by atoms with van der Waals surface area (Å²) in [6.07, 6.45) is 1.15. The third-order valence-electron chi connectivity index (χ3n) is 3.55. The van der Waals surface area contributed by atoms with Crippen LogP contribution in [0.5, 0.6) is 0 Å². The minimum absolute atomic E-state index is 0.0218. The van der Waals surface area contributed by atoms with Gasteiger partial charge in [0.1, 0.15) is 0 Å². The smallest absolute Gasteiger partial charge is 0.326 e. The number of alkyl halides is 3. The Morgan fingerprint density at radius 3 is 2.35 bits per heavy atom. The standard InChI is InChI=1S/C12H23F3N2/c1-17(8-7-12(13,14)15)9-11(16)10-5-3-2-4-6-10/h10-11H,2-9,16H2,1H3. The molecule has 0 bridgehead atoms. The third-order valence-corrected chi connectivity index (χ3v) is 3.55. The van der Waals surface area contributed by atoms with Crippen LogP contribution in [-0.2, 0) is 0 Å². The van der Waals surface area contributed by atoms with Gasteiger partial charge in [0.25, 0.3) is 0 Å². The van der Waals surface area contributed by atoms with Crippen molar-refractivity contribution in [1.29, 1.82) is 0 Å². The van der Waals surface area contributed by atoms with Crippen LogP contribution < -0.4 is 5.73 Å². The number of nitrogens with zero attached hydrogens (tertiary/aromatic N) is 1. The van der Waals surface area contributed by atoms with E-state index in [2.05, 4.69) is 0 Å². The lowest BCUT2D eigenvalue weighted by atomic mass is 9.84. The molecule has 0 aromatic carbocycles. The molecule has 0 spiro atoms. The van der Waals surface area contributed by atoms with Crippen molar-refractivity contribution in [2.75, 3.05) is 20.1 Å². The molecule has 1 aliphatic carbocycles. The number of halogens is 3. The zero-order chi connectivity index (χ0) is 12.9. The second-order valence-corrected chi connectivity index (χ2v) is 5.19. The first-order valence-electron chi connectivity index (χ1n) is 6.39. The van der Waals surface area contributed by atoms with Gasteiger partial charge in [0.05, 0.1) is 6.42 Å². The Hall–Kier alpha value is -0.290. The molecule has 5 heteroatoms.